The van der Waals surface area contributed by atoms with E-state index in [-0.39, 0.29) is 12.5 Å². The third-order valence-electron chi connectivity index (χ3n) is 6.27. The van der Waals surface area contributed by atoms with E-state index in [1.54, 1.807) is 4.90 Å². The van der Waals surface area contributed by atoms with E-state index >= 15 is 0 Å². The minimum absolute atomic E-state index is 0.190. The molecule has 3 heterocycles. The summed E-state index contributed by atoms with van der Waals surface area (Å²) in [6.45, 7) is 4.10. The van der Waals surface area contributed by atoms with Crippen LogP contribution in [0.2, 0.25) is 0 Å². The van der Waals surface area contributed by atoms with Crippen LogP contribution in [0.5, 0.6) is 0 Å². The zero-order valence-corrected chi connectivity index (χ0v) is 18.5. The van der Waals surface area contributed by atoms with Gasteiger partial charge in [-0.15, -0.1) is 0 Å². The van der Waals surface area contributed by atoms with Gasteiger partial charge in [0.25, 0.3) is 5.91 Å². The highest BCUT2D eigenvalue weighted by atomic mass is 16.5. The molecule has 2 aromatic carbocycles. The molecule has 0 unspecified atom stereocenters. The monoisotopic (exact) mass is 445 g/mol. The van der Waals surface area contributed by atoms with Crippen molar-refractivity contribution in [2.24, 2.45) is 0 Å². The van der Waals surface area contributed by atoms with Crippen molar-refractivity contribution in [1.82, 2.24) is 14.8 Å². The van der Waals surface area contributed by atoms with Crippen molar-refractivity contribution in [2.75, 3.05) is 39.5 Å². The van der Waals surface area contributed by atoms with Crippen molar-refractivity contribution in [3.63, 3.8) is 0 Å². The van der Waals surface area contributed by atoms with Gasteiger partial charge in [0.1, 0.15) is 0 Å². The van der Waals surface area contributed by atoms with Crippen LogP contribution in [0.1, 0.15) is 27.2 Å². The Labute approximate surface area is 192 Å². The molecule has 1 fully saturated rings. The van der Waals surface area contributed by atoms with E-state index in [1.807, 2.05) is 42.5 Å². The molecule has 3 aromatic rings. The largest absolute Gasteiger partial charge is 0.452 e. The molecule has 1 aromatic heterocycles. The van der Waals surface area contributed by atoms with Gasteiger partial charge < -0.3 is 14.4 Å². The number of fused-ring (bicyclic) bond motifs is 2. The standard InChI is InChI=1S/C26H27N3O4/c30-24(29-12-14-32-15-13-29)18-33-26(31)25-20-8-4-5-9-22(20)27-23-10-11-28(17-21(23)25)16-19-6-2-1-3-7-19/h1-9H,10-18H2. The van der Waals surface area contributed by atoms with Gasteiger partial charge in [-0.25, -0.2) is 4.79 Å². The first-order valence-corrected chi connectivity index (χ1v) is 11.4. The van der Waals surface area contributed by atoms with Crippen molar-refractivity contribution < 1.29 is 19.1 Å². The second kappa shape index (κ2) is 9.68. The maximum absolute atomic E-state index is 13.3. The summed E-state index contributed by atoms with van der Waals surface area (Å²) >= 11 is 0. The first-order chi connectivity index (χ1) is 16.2. The van der Waals surface area contributed by atoms with Gasteiger partial charge in [0.05, 0.1) is 24.3 Å². The lowest BCUT2D eigenvalue weighted by Crippen LogP contribution is -2.42. The van der Waals surface area contributed by atoms with Gasteiger partial charge in [0.15, 0.2) is 6.61 Å². The zero-order chi connectivity index (χ0) is 22.6. The minimum Gasteiger partial charge on any atom is -0.452 e. The van der Waals surface area contributed by atoms with Crippen LogP contribution in [0.15, 0.2) is 54.6 Å². The van der Waals surface area contributed by atoms with Crippen LogP contribution in [0, 0.1) is 0 Å². The highest BCUT2D eigenvalue weighted by Crippen LogP contribution is 2.29. The molecule has 5 rings (SSSR count). The fourth-order valence-corrected chi connectivity index (χ4v) is 4.56. The van der Waals surface area contributed by atoms with Crippen LogP contribution in [0.3, 0.4) is 0 Å². The Balaban J connectivity index is 1.40. The Kier molecular flexibility index (Phi) is 6.32. The second-order valence-electron chi connectivity index (χ2n) is 8.44. The van der Waals surface area contributed by atoms with E-state index in [2.05, 4.69) is 17.0 Å². The molecule has 1 saturated heterocycles. The highest BCUT2D eigenvalue weighted by molar-refractivity contribution is 6.05. The van der Waals surface area contributed by atoms with Crippen LogP contribution in [0.4, 0.5) is 0 Å². The van der Waals surface area contributed by atoms with Crippen molar-refractivity contribution in [1.29, 1.82) is 0 Å². The molecule has 2 aliphatic heterocycles. The molecular formula is C26H27N3O4. The molecule has 0 N–H and O–H groups in total. The van der Waals surface area contributed by atoms with Gasteiger partial charge in [0.2, 0.25) is 0 Å². The number of carbonyl (C=O) groups excluding carboxylic acids is 2. The lowest BCUT2D eigenvalue weighted by molar-refractivity contribution is -0.138. The number of nitrogens with zero attached hydrogens (tertiary/aromatic N) is 3. The predicted octanol–water partition coefficient (Wildman–Crippen LogP) is 2.81. The number of carbonyl (C=O) groups is 2. The third-order valence-corrected chi connectivity index (χ3v) is 6.27. The number of amides is 1. The van der Waals surface area contributed by atoms with E-state index in [9.17, 15) is 9.59 Å². The molecule has 0 spiro atoms. The third kappa shape index (κ3) is 4.74. The summed E-state index contributed by atoms with van der Waals surface area (Å²) in [6.07, 6.45) is 0.764. The van der Waals surface area contributed by atoms with Gasteiger partial charge >= 0.3 is 5.97 Å². The number of pyridine rings is 1. The SMILES string of the molecule is O=C(OCC(=O)N1CCOCC1)c1c2c(nc3ccccc13)CCN(Cc1ccccc1)C2. The molecule has 33 heavy (non-hydrogen) atoms. The molecule has 0 atom stereocenters. The number of hydrogen-bond acceptors (Lipinski definition) is 6. The van der Waals surface area contributed by atoms with Crippen molar-refractivity contribution in [2.45, 2.75) is 19.5 Å². The maximum atomic E-state index is 13.3. The molecule has 0 aliphatic carbocycles. The Hall–Kier alpha value is -3.29. The van der Waals surface area contributed by atoms with E-state index < -0.39 is 5.97 Å². The first kappa shape index (κ1) is 21.6. The number of morpholine rings is 1. The number of esters is 1. The highest BCUT2D eigenvalue weighted by Gasteiger charge is 2.27. The van der Waals surface area contributed by atoms with Gasteiger partial charge in [-0.1, -0.05) is 48.5 Å². The molecule has 1 amide bonds. The smallest absolute Gasteiger partial charge is 0.339 e. The first-order valence-electron chi connectivity index (χ1n) is 11.4. The second-order valence-corrected chi connectivity index (χ2v) is 8.44. The van der Waals surface area contributed by atoms with Crippen LogP contribution in [-0.4, -0.2) is 66.1 Å². The molecule has 170 valence electrons. The van der Waals surface area contributed by atoms with Crippen LogP contribution in [-0.2, 0) is 33.8 Å². The summed E-state index contributed by atoms with van der Waals surface area (Å²) < 4.78 is 10.8. The fourth-order valence-electron chi connectivity index (χ4n) is 4.56. The molecular weight excluding hydrogens is 418 g/mol. The van der Waals surface area contributed by atoms with Crippen LogP contribution < -0.4 is 0 Å². The number of benzene rings is 2. The Morgan fingerprint density at radius 1 is 0.970 bits per heavy atom. The topological polar surface area (TPSA) is 72.0 Å². The number of para-hydroxylation sites is 1. The summed E-state index contributed by atoms with van der Waals surface area (Å²) in [7, 11) is 0. The van der Waals surface area contributed by atoms with Crippen molar-refractivity contribution >= 4 is 22.8 Å². The average molecular weight is 446 g/mol. The summed E-state index contributed by atoms with van der Waals surface area (Å²) in [4.78, 5) is 34.7. The summed E-state index contributed by atoms with van der Waals surface area (Å²) in [5.41, 5.74) is 4.38. The summed E-state index contributed by atoms with van der Waals surface area (Å²) in [5, 5.41) is 0.765. The quantitative estimate of drug-likeness (QED) is 0.563. The maximum Gasteiger partial charge on any atom is 0.339 e. The number of hydrogen-bond donors (Lipinski definition) is 0. The van der Waals surface area contributed by atoms with Gasteiger partial charge in [-0.05, 0) is 11.6 Å². The molecule has 0 bridgehead atoms. The van der Waals surface area contributed by atoms with E-state index in [0.717, 1.165) is 41.7 Å². The molecule has 0 radical (unpaired) electrons. The van der Waals surface area contributed by atoms with Crippen molar-refractivity contribution in [3.8, 4) is 0 Å². The molecule has 7 nitrogen and oxygen atoms in total. The Bertz CT molecular complexity index is 1160. The number of ether oxygens (including phenoxy) is 2. The number of rotatable bonds is 5. The van der Waals surface area contributed by atoms with E-state index in [4.69, 9.17) is 14.5 Å². The summed E-state index contributed by atoms with van der Waals surface area (Å²) in [5.74, 6) is -0.655. The lowest BCUT2D eigenvalue weighted by atomic mass is 9.95. The molecule has 7 heteroatoms. The van der Waals surface area contributed by atoms with Crippen LogP contribution in [0.25, 0.3) is 10.9 Å². The minimum atomic E-state index is -0.465. The number of aromatic nitrogens is 1. The van der Waals surface area contributed by atoms with Crippen molar-refractivity contribution in [3.05, 3.63) is 77.0 Å². The molecule has 2 aliphatic rings. The fraction of sp³-hybridized carbons (Fsp3) is 0.346. The van der Waals surface area contributed by atoms with Gasteiger partial charge in [0, 0.05) is 55.8 Å². The summed E-state index contributed by atoms with van der Waals surface area (Å²) in [6, 6.07) is 18.0. The Morgan fingerprint density at radius 2 is 1.73 bits per heavy atom. The van der Waals surface area contributed by atoms with Gasteiger partial charge in [-0.3, -0.25) is 14.7 Å². The van der Waals surface area contributed by atoms with E-state index in [0.29, 0.717) is 38.4 Å². The van der Waals surface area contributed by atoms with Gasteiger partial charge in [-0.2, -0.15) is 0 Å². The van der Waals surface area contributed by atoms with Crippen LogP contribution >= 0.6 is 0 Å². The predicted molar refractivity (Wildman–Crippen MR) is 124 cm³/mol. The Morgan fingerprint density at radius 3 is 2.55 bits per heavy atom. The molecule has 0 saturated carbocycles. The zero-order valence-electron chi connectivity index (χ0n) is 18.5. The normalized spacial score (nSPS) is 16.4. The lowest BCUT2D eigenvalue weighted by Gasteiger charge is -2.30. The van der Waals surface area contributed by atoms with E-state index in [1.165, 1.54) is 5.56 Å². The average Bonchev–Trinajstić information content (AvgIpc) is 2.87.